The summed E-state index contributed by atoms with van der Waals surface area (Å²) in [6.07, 6.45) is 4.97. The van der Waals surface area contributed by atoms with Crippen molar-refractivity contribution in [3.63, 3.8) is 0 Å². The maximum Gasteiger partial charge on any atom is 0.244 e. The molecular formula is C12H19NO3S2. The van der Waals surface area contributed by atoms with Crippen LogP contribution in [0.5, 0.6) is 5.75 Å². The molecule has 0 aliphatic rings. The smallest absolute Gasteiger partial charge is 0.244 e. The number of nitrogens with one attached hydrogen (secondary N) is 1. The normalized spacial score (nSPS) is 11.6. The molecular weight excluding hydrogens is 270 g/mol. The minimum atomic E-state index is -3.59. The van der Waals surface area contributed by atoms with Crippen LogP contribution in [0.4, 0.5) is 0 Å². The Hall–Kier alpha value is -0.720. The summed E-state index contributed by atoms with van der Waals surface area (Å²) in [6, 6.07) is 5.95. The van der Waals surface area contributed by atoms with Crippen molar-refractivity contribution in [3.05, 3.63) is 24.3 Å². The molecule has 102 valence electrons. The third-order valence-corrected chi connectivity index (χ3v) is 4.68. The van der Waals surface area contributed by atoms with Gasteiger partial charge in [-0.15, -0.1) is 0 Å². The fourth-order valence-electron chi connectivity index (χ4n) is 1.52. The van der Waals surface area contributed by atoms with Gasteiger partial charge in [0.2, 0.25) is 10.0 Å². The molecule has 0 radical (unpaired) electrons. The average molecular weight is 289 g/mol. The average Bonchev–Trinajstić information content (AvgIpc) is 2.34. The van der Waals surface area contributed by atoms with E-state index in [-0.39, 0.29) is 10.6 Å². The van der Waals surface area contributed by atoms with Crippen LogP contribution < -0.4 is 4.72 Å². The third-order valence-electron chi connectivity index (χ3n) is 2.47. The van der Waals surface area contributed by atoms with Crippen molar-refractivity contribution in [2.24, 2.45) is 0 Å². The second kappa shape index (κ2) is 7.66. The van der Waals surface area contributed by atoms with E-state index in [9.17, 15) is 13.5 Å². The largest absolute Gasteiger partial charge is 0.507 e. The van der Waals surface area contributed by atoms with Gasteiger partial charge in [-0.3, -0.25) is 0 Å². The lowest BCUT2D eigenvalue weighted by Gasteiger charge is -2.07. The van der Waals surface area contributed by atoms with Crippen molar-refractivity contribution < 1.29 is 13.5 Å². The number of hydrogen-bond acceptors (Lipinski definition) is 4. The SMILES string of the molecule is CSCCCCCNS(=O)(=O)c1ccccc1O. The molecule has 1 rings (SSSR count). The molecule has 0 fully saturated rings. The van der Waals surface area contributed by atoms with E-state index in [0.29, 0.717) is 6.54 Å². The van der Waals surface area contributed by atoms with Crippen LogP contribution in [0.1, 0.15) is 19.3 Å². The van der Waals surface area contributed by atoms with Crippen LogP contribution >= 0.6 is 11.8 Å². The first kappa shape index (κ1) is 15.3. The number of sulfonamides is 1. The van der Waals surface area contributed by atoms with Crippen molar-refractivity contribution in [2.45, 2.75) is 24.2 Å². The van der Waals surface area contributed by atoms with Crippen LogP contribution in [-0.2, 0) is 10.0 Å². The summed E-state index contributed by atoms with van der Waals surface area (Å²) in [5.74, 6) is 0.888. The summed E-state index contributed by atoms with van der Waals surface area (Å²) in [5.41, 5.74) is 0. The molecule has 0 spiro atoms. The molecule has 6 heteroatoms. The summed E-state index contributed by atoms with van der Waals surface area (Å²) in [7, 11) is -3.59. The minimum Gasteiger partial charge on any atom is -0.507 e. The second-order valence-electron chi connectivity index (χ2n) is 3.92. The quantitative estimate of drug-likeness (QED) is 0.720. The highest BCUT2D eigenvalue weighted by Crippen LogP contribution is 2.20. The molecule has 0 saturated carbocycles. The zero-order chi connectivity index (χ0) is 13.4. The molecule has 0 unspecified atom stereocenters. The lowest BCUT2D eigenvalue weighted by atomic mass is 10.2. The predicted molar refractivity (Wildman–Crippen MR) is 75.5 cm³/mol. The molecule has 4 nitrogen and oxygen atoms in total. The van der Waals surface area contributed by atoms with Crippen LogP contribution in [0.25, 0.3) is 0 Å². The molecule has 2 N–H and O–H groups in total. The van der Waals surface area contributed by atoms with Crippen LogP contribution in [0.2, 0.25) is 0 Å². The number of thioether (sulfide) groups is 1. The summed E-state index contributed by atoms with van der Waals surface area (Å²) in [5, 5.41) is 9.50. The van der Waals surface area contributed by atoms with Gasteiger partial charge in [0.15, 0.2) is 0 Å². The zero-order valence-corrected chi connectivity index (χ0v) is 12.1. The Kier molecular flexibility index (Phi) is 6.52. The number of phenolic OH excluding ortho intramolecular Hbond substituents is 1. The summed E-state index contributed by atoms with van der Waals surface area (Å²) >= 11 is 1.79. The fraction of sp³-hybridized carbons (Fsp3) is 0.500. The van der Waals surface area contributed by atoms with E-state index >= 15 is 0 Å². The topological polar surface area (TPSA) is 66.4 Å². The first-order chi connectivity index (χ1) is 8.58. The number of rotatable bonds is 8. The van der Waals surface area contributed by atoms with Gasteiger partial charge in [-0.1, -0.05) is 18.6 Å². The lowest BCUT2D eigenvalue weighted by molar-refractivity contribution is 0.458. The molecule has 0 saturated heterocycles. The van der Waals surface area contributed by atoms with Gasteiger partial charge in [-0.2, -0.15) is 11.8 Å². The Balaban J connectivity index is 2.44. The summed E-state index contributed by atoms with van der Waals surface area (Å²) in [6.45, 7) is 0.408. The number of para-hydroxylation sites is 1. The zero-order valence-electron chi connectivity index (χ0n) is 10.4. The highest BCUT2D eigenvalue weighted by Gasteiger charge is 2.16. The first-order valence-electron chi connectivity index (χ1n) is 5.84. The molecule has 1 aromatic rings. The van der Waals surface area contributed by atoms with E-state index in [1.165, 1.54) is 12.1 Å². The van der Waals surface area contributed by atoms with E-state index in [4.69, 9.17) is 0 Å². The standard InChI is InChI=1S/C12H19NO3S2/c1-17-10-6-2-5-9-13-18(15,16)12-8-4-3-7-11(12)14/h3-4,7-8,13-14H,2,5-6,9-10H2,1H3. The summed E-state index contributed by atoms with van der Waals surface area (Å²) < 4.78 is 26.2. The molecule has 0 aliphatic heterocycles. The highest BCUT2D eigenvalue weighted by atomic mass is 32.2. The van der Waals surface area contributed by atoms with Crippen LogP contribution in [0.15, 0.2) is 29.2 Å². The van der Waals surface area contributed by atoms with Crippen molar-refractivity contribution in [1.29, 1.82) is 0 Å². The lowest BCUT2D eigenvalue weighted by Crippen LogP contribution is -2.24. The molecule has 0 aromatic heterocycles. The molecule has 0 aliphatic carbocycles. The second-order valence-corrected chi connectivity index (χ2v) is 6.64. The number of hydrogen-bond donors (Lipinski definition) is 2. The van der Waals surface area contributed by atoms with Gasteiger partial charge in [-0.25, -0.2) is 13.1 Å². The Morgan fingerprint density at radius 3 is 2.61 bits per heavy atom. The van der Waals surface area contributed by atoms with Gasteiger partial charge >= 0.3 is 0 Å². The Morgan fingerprint density at radius 1 is 1.22 bits per heavy atom. The molecule has 0 heterocycles. The highest BCUT2D eigenvalue weighted by molar-refractivity contribution is 7.98. The van der Waals surface area contributed by atoms with E-state index < -0.39 is 10.0 Å². The maximum atomic E-state index is 11.9. The van der Waals surface area contributed by atoms with Crippen LogP contribution in [-0.4, -0.2) is 32.1 Å². The van der Waals surface area contributed by atoms with Gasteiger partial charge < -0.3 is 5.11 Å². The number of unbranched alkanes of at least 4 members (excludes halogenated alkanes) is 2. The predicted octanol–water partition coefficient (Wildman–Crippen LogP) is 2.20. The fourth-order valence-corrected chi connectivity index (χ4v) is 3.18. The van der Waals surface area contributed by atoms with Crippen LogP contribution in [0.3, 0.4) is 0 Å². The number of benzene rings is 1. The van der Waals surface area contributed by atoms with Gasteiger partial charge in [0.1, 0.15) is 10.6 Å². The number of aromatic hydroxyl groups is 1. The van der Waals surface area contributed by atoms with Gasteiger partial charge in [0.05, 0.1) is 0 Å². The molecule has 18 heavy (non-hydrogen) atoms. The van der Waals surface area contributed by atoms with Crippen LogP contribution in [0, 0.1) is 0 Å². The number of phenols is 1. The molecule has 1 aromatic carbocycles. The van der Waals surface area contributed by atoms with Gasteiger partial charge in [-0.05, 0) is 37.0 Å². The van der Waals surface area contributed by atoms with E-state index in [1.54, 1.807) is 23.9 Å². The van der Waals surface area contributed by atoms with Crippen molar-refractivity contribution in [3.8, 4) is 5.75 Å². The molecule has 0 atom stereocenters. The maximum absolute atomic E-state index is 11.9. The first-order valence-corrected chi connectivity index (χ1v) is 8.72. The Bertz CT molecular complexity index is 460. The molecule has 0 bridgehead atoms. The van der Waals surface area contributed by atoms with E-state index in [1.807, 2.05) is 0 Å². The van der Waals surface area contributed by atoms with Gasteiger partial charge in [0, 0.05) is 6.54 Å². The van der Waals surface area contributed by atoms with Crippen molar-refractivity contribution in [1.82, 2.24) is 4.72 Å². The van der Waals surface area contributed by atoms with Crippen molar-refractivity contribution in [2.75, 3.05) is 18.6 Å². The Labute approximate surface area is 113 Å². The Morgan fingerprint density at radius 2 is 1.94 bits per heavy atom. The molecule has 0 amide bonds. The monoisotopic (exact) mass is 289 g/mol. The van der Waals surface area contributed by atoms with Crippen molar-refractivity contribution >= 4 is 21.8 Å². The third kappa shape index (κ3) is 4.88. The van der Waals surface area contributed by atoms with Gasteiger partial charge in [0.25, 0.3) is 0 Å². The minimum absolute atomic E-state index is 0.0610. The van der Waals surface area contributed by atoms with E-state index in [2.05, 4.69) is 11.0 Å². The summed E-state index contributed by atoms with van der Waals surface area (Å²) in [4.78, 5) is -0.0610. The van der Waals surface area contributed by atoms with E-state index in [0.717, 1.165) is 25.0 Å².